The van der Waals surface area contributed by atoms with Crippen LogP contribution < -0.4 is 4.74 Å². The molecular formula is C15H14O3. The fourth-order valence-corrected chi connectivity index (χ4v) is 1.80. The molecule has 0 radical (unpaired) electrons. The summed E-state index contributed by atoms with van der Waals surface area (Å²) in [6.45, 7) is 1.84. The molecule has 3 nitrogen and oxygen atoms in total. The Morgan fingerprint density at radius 2 is 1.72 bits per heavy atom. The number of rotatable bonds is 3. The normalized spacial score (nSPS) is 10.1. The second-order valence-corrected chi connectivity index (χ2v) is 4.11. The topological polar surface area (TPSA) is 46.5 Å². The van der Waals surface area contributed by atoms with Gasteiger partial charge < -0.3 is 9.84 Å². The van der Waals surface area contributed by atoms with Gasteiger partial charge in [0.2, 0.25) is 0 Å². The second kappa shape index (κ2) is 4.92. The number of aromatic hydroxyl groups is 1. The summed E-state index contributed by atoms with van der Waals surface area (Å²) in [5.41, 5.74) is 1.91. The Morgan fingerprint density at radius 1 is 1.06 bits per heavy atom. The molecule has 0 saturated heterocycles. The number of hydrogen-bond acceptors (Lipinski definition) is 3. The number of benzene rings is 2. The van der Waals surface area contributed by atoms with Gasteiger partial charge in [-0.05, 0) is 55.0 Å². The van der Waals surface area contributed by atoms with Gasteiger partial charge in [-0.25, -0.2) is 0 Å². The average Bonchev–Trinajstić information content (AvgIpc) is 2.37. The maximum absolute atomic E-state index is 12.2. The van der Waals surface area contributed by atoms with E-state index >= 15 is 0 Å². The number of aryl methyl sites for hydroxylation is 1. The van der Waals surface area contributed by atoms with Crippen LogP contribution in [-0.4, -0.2) is 18.0 Å². The Kier molecular flexibility index (Phi) is 3.33. The molecule has 0 amide bonds. The third kappa shape index (κ3) is 2.51. The summed E-state index contributed by atoms with van der Waals surface area (Å²) in [7, 11) is 1.58. The van der Waals surface area contributed by atoms with E-state index in [-0.39, 0.29) is 11.5 Å². The number of phenolic OH excluding ortho intramolecular Hbond substituents is 1. The van der Waals surface area contributed by atoms with Crippen molar-refractivity contribution in [1.29, 1.82) is 0 Å². The van der Waals surface area contributed by atoms with Crippen LogP contribution in [0, 0.1) is 6.92 Å². The number of ether oxygens (including phenoxy) is 1. The summed E-state index contributed by atoms with van der Waals surface area (Å²) in [5, 5.41) is 9.50. The molecule has 0 aliphatic heterocycles. The van der Waals surface area contributed by atoms with Crippen LogP contribution in [0.3, 0.4) is 0 Å². The van der Waals surface area contributed by atoms with E-state index in [2.05, 4.69) is 0 Å². The third-order valence-corrected chi connectivity index (χ3v) is 2.68. The number of carbonyl (C=O) groups is 1. The number of methoxy groups -OCH3 is 1. The molecule has 0 aromatic heterocycles. The van der Waals surface area contributed by atoms with Crippen molar-refractivity contribution in [2.24, 2.45) is 0 Å². The molecule has 0 spiro atoms. The van der Waals surface area contributed by atoms with Crippen molar-refractivity contribution in [1.82, 2.24) is 0 Å². The van der Waals surface area contributed by atoms with Crippen molar-refractivity contribution >= 4 is 5.78 Å². The highest BCUT2D eigenvalue weighted by atomic mass is 16.5. The first-order chi connectivity index (χ1) is 8.60. The molecule has 0 aliphatic rings. The first kappa shape index (κ1) is 12.2. The van der Waals surface area contributed by atoms with Gasteiger partial charge in [0, 0.05) is 11.1 Å². The maximum Gasteiger partial charge on any atom is 0.193 e. The molecule has 2 aromatic rings. The second-order valence-electron chi connectivity index (χ2n) is 4.11. The summed E-state index contributed by atoms with van der Waals surface area (Å²) in [5.74, 6) is 0.696. The minimum Gasteiger partial charge on any atom is -0.508 e. The molecule has 18 heavy (non-hydrogen) atoms. The van der Waals surface area contributed by atoms with Crippen molar-refractivity contribution in [3.63, 3.8) is 0 Å². The predicted molar refractivity (Wildman–Crippen MR) is 69.3 cm³/mol. The van der Waals surface area contributed by atoms with Gasteiger partial charge >= 0.3 is 0 Å². The van der Waals surface area contributed by atoms with Gasteiger partial charge in [-0.1, -0.05) is 0 Å². The Balaban J connectivity index is 2.34. The zero-order valence-electron chi connectivity index (χ0n) is 10.3. The largest absolute Gasteiger partial charge is 0.508 e. The van der Waals surface area contributed by atoms with E-state index in [0.29, 0.717) is 16.9 Å². The highest BCUT2D eigenvalue weighted by molar-refractivity contribution is 6.09. The fraction of sp³-hybridized carbons (Fsp3) is 0.133. The summed E-state index contributed by atoms with van der Waals surface area (Å²) in [6, 6.07) is 11.7. The van der Waals surface area contributed by atoms with E-state index in [1.165, 1.54) is 6.07 Å². The maximum atomic E-state index is 12.2. The molecule has 2 rings (SSSR count). The molecule has 0 fully saturated rings. The molecule has 0 heterocycles. The summed E-state index contributed by atoms with van der Waals surface area (Å²) >= 11 is 0. The van der Waals surface area contributed by atoms with Gasteiger partial charge in [0.05, 0.1) is 7.11 Å². The van der Waals surface area contributed by atoms with Gasteiger partial charge in [-0.3, -0.25) is 4.79 Å². The zero-order chi connectivity index (χ0) is 13.1. The highest BCUT2D eigenvalue weighted by Crippen LogP contribution is 2.19. The number of ketones is 1. The molecule has 1 N–H and O–H groups in total. The van der Waals surface area contributed by atoms with Crippen LogP contribution >= 0.6 is 0 Å². The van der Waals surface area contributed by atoms with E-state index in [1.54, 1.807) is 43.5 Å². The number of hydrogen-bond donors (Lipinski definition) is 1. The zero-order valence-corrected chi connectivity index (χ0v) is 10.3. The molecule has 0 unspecified atom stereocenters. The minimum absolute atomic E-state index is 0.104. The third-order valence-electron chi connectivity index (χ3n) is 2.68. The van der Waals surface area contributed by atoms with Crippen LogP contribution in [0.4, 0.5) is 0 Å². The first-order valence-corrected chi connectivity index (χ1v) is 5.59. The lowest BCUT2D eigenvalue weighted by atomic mass is 10.0. The lowest BCUT2D eigenvalue weighted by Gasteiger charge is -2.05. The van der Waals surface area contributed by atoms with E-state index in [4.69, 9.17) is 4.74 Å². The minimum atomic E-state index is -0.114. The van der Waals surface area contributed by atoms with Crippen LogP contribution in [-0.2, 0) is 0 Å². The van der Waals surface area contributed by atoms with Crippen molar-refractivity contribution in [3.05, 3.63) is 59.2 Å². The van der Waals surface area contributed by atoms with Gasteiger partial charge in [0.25, 0.3) is 0 Å². The Hall–Kier alpha value is -2.29. The smallest absolute Gasteiger partial charge is 0.193 e. The predicted octanol–water partition coefficient (Wildman–Crippen LogP) is 2.94. The molecule has 0 atom stereocenters. The van der Waals surface area contributed by atoms with E-state index in [1.807, 2.05) is 6.92 Å². The van der Waals surface area contributed by atoms with E-state index in [0.717, 1.165) is 5.56 Å². The molecule has 0 bridgehead atoms. The van der Waals surface area contributed by atoms with Gasteiger partial charge in [0.15, 0.2) is 5.78 Å². The standard InChI is InChI=1S/C15H14O3/c1-10-7-12(9-13(16)8-10)15(17)11-3-5-14(18-2)6-4-11/h3-9,16H,1-2H3. The van der Waals surface area contributed by atoms with Crippen molar-refractivity contribution in [3.8, 4) is 11.5 Å². The lowest BCUT2D eigenvalue weighted by Crippen LogP contribution is -2.01. The Morgan fingerprint density at radius 3 is 2.28 bits per heavy atom. The van der Waals surface area contributed by atoms with Crippen molar-refractivity contribution in [2.75, 3.05) is 7.11 Å². The Labute approximate surface area is 106 Å². The summed E-state index contributed by atoms with van der Waals surface area (Å²) in [6.07, 6.45) is 0. The van der Waals surface area contributed by atoms with Crippen LogP contribution in [0.2, 0.25) is 0 Å². The first-order valence-electron chi connectivity index (χ1n) is 5.59. The van der Waals surface area contributed by atoms with E-state index < -0.39 is 0 Å². The lowest BCUT2D eigenvalue weighted by molar-refractivity contribution is 0.103. The SMILES string of the molecule is COc1ccc(C(=O)c2cc(C)cc(O)c2)cc1. The van der Waals surface area contributed by atoms with Crippen molar-refractivity contribution in [2.45, 2.75) is 6.92 Å². The van der Waals surface area contributed by atoms with Gasteiger partial charge in [-0.15, -0.1) is 0 Å². The molecule has 2 aromatic carbocycles. The molecule has 0 saturated carbocycles. The van der Waals surface area contributed by atoms with Gasteiger partial charge in [0.1, 0.15) is 11.5 Å². The van der Waals surface area contributed by atoms with Gasteiger partial charge in [-0.2, -0.15) is 0 Å². The average molecular weight is 242 g/mol. The summed E-state index contributed by atoms with van der Waals surface area (Å²) < 4.78 is 5.04. The van der Waals surface area contributed by atoms with Crippen molar-refractivity contribution < 1.29 is 14.6 Å². The summed E-state index contributed by atoms with van der Waals surface area (Å²) in [4.78, 5) is 12.2. The van der Waals surface area contributed by atoms with E-state index in [9.17, 15) is 9.90 Å². The molecular weight excluding hydrogens is 228 g/mol. The van der Waals surface area contributed by atoms with Crippen LogP contribution in [0.1, 0.15) is 21.5 Å². The Bertz CT molecular complexity index is 551. The quantitative estimate of drug-likeness (QED) is 0.842. The highest BCUT2D eigenvalue weighted by Gasteiger charge is 2.10. The van der Waals surface area contributed by atoms with Crippen LogP contribution in [0.25, 0.3) is 0 Å². The molecule has 0 aliphatic carbocycles. The number of phenols is 1. The monoisotopic (exact) mass is 242 g/mol. The van der Waals surface area contributed by atoms with Crippen LogP contribution in [0.15, 0.2) is 42.5 Å². The number of carbonyl (C=O) groups excluding carboxylic acids is 1. The molecule has 92 valence electrons. The fourth-order valence-electron chi connectivity index (χ4n) is 1.80. The molecule has 3 heteroatoms. The van der Waals surface area contributed by atoms with Crippen LogP contribution in [0.5, 0.6) is 11.5 Å².